The molecule has 3 unspecified atom stereocenters. The third-order valence-corrected chi connectivity index (χ3v) is 6.39. The minimum atomic E-state index is -1.72. The standard InChI is InChI=1S/C25H32O14/c1-3-12-13(7-19(30)36-10-17(29)11-4-5-15(27)16(28)6-11)14(23(34)35-2)9-37-24(12)39-25-22(33)21(32)20(31)18(8-26)38-25/h3-6,9,13,17-18,20-22,24-29,31-33H,7-8,10H2,1-2H3/b12-3-/t13?,17?,18-,20-,21+,22-,24?,25+/m1/s1. The van der Waals surface area contributed by atoms with Gasteiger partial charge in [0.25, 0.3) is 0 Å². The number of carbonyl (C=O) groups is 2. The fourth-order valence-corrected chi connectivity index (χ4v) is 4.17. The Morgan fingerprint density at radius 3 is 2.44 bits per heavy atom. The third-order valence-electron chi connectivity index (χ3n) is 6.39. The van der Waals surface area contributed by atoms with Gasteiger partial charge in [0.15, 0.2) is 17.8 Å². The third kappa shape index (κ3) is 6.86. The van der Waals surface area contributed by atoms with Crippen LogP contribution in [0, 0.1) is 5.92 Å². The summed E-state index contributed by atoms with van der Waals surface area (Å²) in [7, 11) is 1.13. The number of hydrogen-bond acceptors (Lipinski definition) is 14. The summed E-state index contributed by atoms with van der Waals surface area (Å²) in [6.45, 7) is 0.394. The van der Waals surface area contributed by atoms with Gasteiger partial charge in [0.2, 0.25) is 6.29 Å². The van der Waals surface area contributed by atoms with Crippen molar-refractivity contribution in [3.05, 3.63) is 47.2 Å². The van der Waals surface area contributed by atoms with Gasteiger partial charge in [-0.05, 0) is 24.6 Å². The molecule has 0 radical (unpaired) electrons. The van der Waals surface area contributed by atoms with Crippen LogP contribution in [0.5, 0.6) is 11.5 Å². The smallest absolute Gasteiger partial charge is 0.337 e. The maximum absolute atomic E-state index is 12.7. The van der Waals surface area contributed by atoms with Crippen LogP contribution in [0.3, 0.4) is 0 Å². The molecule has 1 aromatic carbocycles. The lowest BCUT2D eigenvalue weighted by atomic mass is 9.86. The van der Waals surface area contributed by atoms with Gasteiger partial charge in [-0.2, -0.15) is 0 Å². The zero-order valence-electron chi connectivity index (χ0n) is 21.1. The van der Waals surface area contributed by atoms with Crippen molar-refractivity contribution in [2.45, 2.75) is 56.4 Å². The van der Waals surface area contributed by atoms with Crippen LogP contribution < -0.4 is 0 Å². The summed E-state index contributed by atoms with van der Waals surface area (Å²) in [4.78, 5) is 25.1. The van der Waals surface area contributed by atoms with Crippen LogP contribution in [0.2, 0.25) is 0 Å². The summed E-state index contributed by atoms with van der Waals surface area (Å²) in [6, 6.07) is 3.62. The Balaban J connectivity index is 1.74. The largest absolute Gasteiger partial charge is 0.504 e. The number of methoxy groups -OCH3 is 1. The number of hydrogen-bond donors (Lipinski definition) is 7. The van der Waals surface area contributed by atoms with Crippen LogP contribution >= 0.6 is 0 Å². The first-order chi connectivity index (χ1) is 18.5. The van der Waals surface area contributed by atoms with Gasteiger partial charge in [0, 0.05) is 11.5 Å². The molecule has 1 aromatic rings. The maximum Gasteiger partial charge on any atom is 0.337 e. The van der Waals surface area contributed by atoms with E-state index in [1.54, 1.807) is 6.92 Å². The predicted octanol–water partition coefficient (Wildman–Crippen LogP) is -1.14. The zero-order chi connectivity index (χ0) is 28.9. The van der Waals surface area contributed by atoms with Crippen LogP contribution in [-0.4, -0.2) is 105 Å². The first kappa shape index (κ1) is 30.3. The van der Waals surface area contributed by atoms with Gasteiger partial charge < -0.3 is 59.4 Å². The minimum Gasteiger partial charge on any atom is -0.504 e. The number of allylic oxidation sites excluding steroid dienone is 1. The van der Waals surface area contributed by atoms with Gasteiger partial charge in [-0.15, -0.1) is 0 Å². The fourth-order valence-electron chi connectivity index (χ4n) is 4.17. The highest BCUT2D eigenvalue weighted by molar-refractivity contribution is 5.90. The Labute approximate surface area is 222 Å². The molecule has 0 aliphatic carbocycles. The Kier molecular flexibility index (Phi) is 10.3. The second-order valence-electron chi connectivity index (χ2n) is 8.86. The Morgan fingerprint density at radius 1 is 1.10 bits per heavy atom. The molecule has 1 fully saturated rings. The first-order valence-electron chi connectivity index (χ1n) is 11.9. The highest BCUT2D eigenvalue weighted by Gasteiger charge is 2.46. The average Bonchev–Trinajstić information content (AvgIpc) is 2.93. The molecule has 39 heavy (non-hydrogen) atoms. The van der Waals surface area contributed by atoms with Crippen molar-refractivity contribution >= 4 is 11.9 Å². The van der Waals surface area contributed by atoms with Crippen molar-refractivity contribution in [3.8, 4) is 11.5 Å². The van der Waals surface area contributed by atoms with E-state index in [-0.39, 0.29) is 22.5 Å². The van der Waals surface area contributed by atoms with Crippen LogP contribution in [-0.2, 0) is 33.3 Å². The van der Waals surface area contributed by atoms with Crippen LogP contribution in [0.1, 0.15) is 25.0 Å². The van der Waals surface area contributed by atoms with Crippen LogP contribution in [0.25, 0.3) is 0 Å². The van der Waals surface area contributed by atoms with Gasteiger partial charge in [0.05, 0.1) is 32.0 Å². The van der Waals surface area contributed by atoms with E-state index >= 15 is 0 Å². The van der Waals surface area contributed by atoms with E-state index in [1.165, 1.54) is 18.2 Å². The lowest BCUT2D eigenvalue weighted by Crippen LogP contribution is -2.60. The van der Waals surface area contributed by atoms with E-state index in [4.69, 9.17) is 23.7 Å². The molecule has 0 bridgehead atoms. The van der Waals surface area contributed by atoms with Gasteiger partial charge in [-0.3, -0.25) is 4.79 Å². The second kappa shape index (κ2) is 13.2. The van der Waals surface area contributed by atoms with Gasteiger partial charge in [-0.25, -0.2) is 4.79 Å². The van der Waals surface area contributed by atoms with E-state index in [0.29, 0.717) is 0 Å². The fraction of sp³-hybridized carbons (Fsp3) is 0.520. The molecule has 1 saturated heterocycles. The number of phenols is 2. The molecule has 0 saturated carbocycles. The molecular weight excluding hydrogens is 524 g/mol. The van der Waals surface area contributed by atoms with Crippen molar-refractivity contribution in [1.82, 2.24) is 0 Å². The number of aliphatic hydroxyl groups is 5. The summed E-state index contributed by atoms with van der Waals surface area (Å²) in [5, 5.41) is 69.1. The molecule has 0 amide bonds. The van der Waals surface area contributed by atoms with Crippen molar-refractivity contribution in [1.29, 1.82) is 0 Å². The van der Waals surface area contributed by atoms with Gasteiger partial charge >= 0.3 is 11.9 Å². The number of rotatable bonds is 9. The molecule has 8 atom stereocenters. The maximum atomic E-state index is 12.7. The lowest BCUT2D eigenvalue weighted by Gasteiger charge is -2.41. The molecule has 14 nitrogen and oxygen atoms in total. The zero-order valence-corrected chi connectivity index (χ0v) is 21.1. The van der Waals surface area contributed by atoms with Crippen LogP contribution in [0.4, 0.5) is 0 Å². The number of esters is 2. The van der Waals surface area contributed by atoms with Crippen molar-refractivity contribution < 1.29 is 69.0 Å². The Hall–Kier alpha value is -3.24. The average molecular weight is 557 g/mol. The van der Waals surface area contributed by atoms with E-state index in [0.717, 1.165) is 19.4 Å². The number of phenolic OH excluding ortho intramolecular Hbond substituents is 2. The second-order valence-corrected chi connectivity index (χ2v) is 8.86. The molecule has 0 aromatic heterocycles. The molecule has 3 rings (SSSR count). The SMILES string of the molecule is C/C=C1\C(O[C@@H]2O[C@H](CO)[C@@H](O)[C@H](O)[C@H]2O)OC=C(C(=O)OC)C1CC(=O)OCC(O)c1ccc(O)c(O)c1. The number of aromatic hydroxyl groups is 2. The molecule has 216 valence electrons. The van der Waals surface area contributed by atoms with Crippen molar-refractivity contribution in [2.75, 3.05) is 20.3 Å². The quantitative estimate of drug-likeness (QED) is 0.109. The van der Waals surface area contributed by atoms with E-state index < -0.39 is 86.3 Å². The summed E-state index contributed by atoms with van der Waals surface area (Å²) < 4.78 is 26.5. The Bertz CT molecular complexity index is 1080. The molecule has 0 spiro atoms. The highest BCUT2D eigenvalue weighted by atomic mass is 16.8. The summed E-state index contributed by atoms with van der Waals surface area (Å²) in [6.07, 6.45) is -8.39. The summed E-state index contributed by atoms with van der Waals surface area (Å²) in [5.74, 6) is -3.48. The predicted molar refractivity (Wildman–Crippen MR) is 127 cm³/mol. The number of ether oxygens (including phenoxy) is 5. The van der Waals surface area contributed by atoms with Crippen molar-refractivity contribution in [2.24, 2.45) is 5.92 Å². The van der Waals surface area contributed by atoms with E-state index in [9.17, 15) is 45.3 Å². The highest BCUT2D eigenvalue weighted by Crippen LogP contribution is 2.36. The molecular formula is C25H32O14. The van der Waals surface area contributed by atoms with Crippen LogP contribution in [0.15, 0.2) is 41.7 Å². The molecule has 7 N–H and O–H groups in total. The van der Waals surface area contributed by atoms with Crippen molar-refractivity contribution in [3.63, 3.8) is 0 Å². The van der Waals surface area contributed by atoms with Gasteiger partial charge in [0.1, 0.15) is 37.1 Å². The molecule has 2 heterocycles. The molecule has 2 aliphatic rings. The van der Waals surface area contributed by atoms with E-state index in [1.807, 2.05) is 0 Å². The van der Waals surface area contributed by atoms with Gasteiger partial charge in [-0.1, -0.05) is 12.1 Å². The monoisotopic (exact) mass is 556 g/mol. The number of aliphatic hydroxyl groups excluding tert-OH is 5. The lowest BCUT2D eigenvalue weighted by molar-refractivity contribution is -0.327. The molecule has 2 aliphatic heterocycles. The van der Waals surface area contributed by atoms with E-state index in [2.05, 4.69) is 0 Å². The minimum absolute atomic E-state index is 0.0554. The normalized spacial score (nSPS) is 30.7. The molecule has 14 heteroatoms. The topological polar surface area (TPSA) is 222 Å². The summed E-state index contributed by atoms with van der Waals surface area (Å²) >= 11 is 0. The number of benzene rings is 1. The first-order valence-corrected chi connectivity index (χ1v) is 11.9. The Morgan fingerprint density at radius 2 is 1.82 bits per heavy atom. The summed E-state index contributed by atoms with van der Waals surface area (Å²) in [5.41, 5.74) is 0.359. The number of carbonyl (C=O) groups excluding carboxylic acids is 2.